The van der Waals surface area contributed by atoms with Crippen molar-refractivity contribution in [2.75, 3.05) is 20.3 Å². The minimum Gasteiger partial charge on any atom is -0.495 e. The summed E-state index contributed by atoms with van der Waals surface area (Å²) in [6, 6.07) is 4.82. The molecule has 0 aliphatic rings. The van der Waals surface area contributed by atoms with E-state index >= 15 is 0 Å². The van der Waals surface area contributed by atoms with Gasteiger partial charge in [0.15, 0.2) is 0 Å². The summed E-state index contributed by atoms with van der Waals surface area (Å²) in [6.07, 6.45) is 0.538. The Labute approximate surface area is 99.2 Å². The van der Waals surface area contributed by atoms with E-state index in [1.54, 1.807) is 18.2 Å². The molecule has 16 heavy (non-hydrogen) atoms. The molecule has 0 spiro atoms. The van der Waals surface area contributed by atoms with Crippen LogP contribution in [0.2, 0.25) is 5.02 Å². The quantitative estimate of drug-likeness (QED) is 0.770. The van der Waals surface area contributed by atoms with Gasteiger partial charge in [-0.15, -0.1) is 0 Å². The van der Waals surface area contributed by atoms with Crippen molar-refractivity contribution in [3.8, 4) is 5.75 Å². The summed E-state index contributed by atoms with van der Waals surface area (Å²) in [5.41, 5.74) is 0.485. The molecule has 0 radical (unpaired) electrons. The zero-order valence-corrected chi connectivity index (χ0v) is 9.75. The molecule has 1 aromatic carbocycles. The summed E-state index contributed by atoms with van der Waals surface area (Å²) >= 11 is 5.84. The van der Waals surface area contributed by atoms with Gasteiger partial charge in [-0.05, 0) is 24.6 Å². The van der Waals surface area contributed by atoms with Crippen molar-refractivity contribution in [2.45, 2.75) is 6.42 Å². The lowest BCUT2D eigenvalue weighted by Gasteiger charge is -2.07. The average Bonchev–Trinajstić information content (AvgIpc) is 2.30. The van der Waals surface area contributed by atoms with Crippen molar-refractivity contribution in [3.05, 3.63) is 28.8 Å². The summed E-state index contributed by atoms with van der Waals surface area (Å²) in [5.74, 6) is 0.264. The lowest BCUT2D eigenvalue weighted by Crippen LogP contribution is -2.24. The highest BCUT2D eigenvalue weighted by Gasteiger charge is 2.08. The van der Waals surface area contributed by atoms with Gasteiger partial charge in [0.25, 0.3) is 5.91 Å². The second kappa shape index (κ2) is 6.35. The second-order valence-corrected chi connectivity index (χ2v) is 3.59. The number of aliphatic hydroxyl groups excluding tert-OH is 1. The second-order valence-electron chi connectivity index (χ2n) is 3.18. The van der Waals surface area contributed by atoms with Crippen LogP contribution in [-0.2, 0) is 0 Å². The number of nitrogens with one attached hydrogen (secondary N) is 1. The molecule has 0 unspecified atom stereocenters. The molecule has 1 amide bonds. The Hall–Kier alpha value is -1.26. The zero-order chi connectivity index (χ0) is 12.0. The third-order valence-corrected chi connectivity index (χ3v) is 2.35. The molecule has 0 aliphatic carbocycles. The first-order chi connectivity index (χ1) is 7.69. The summed E-state index contributed by atoms with van der Waals surface area (Å²) in [4.78, 5) is 11.6. The van der Waals surface area contributed by atoms with Gasteiger partial charge in [0.2, 0.25) is 0 Å². The highest BCUT2D eigenvalue weighted by molar-refractivity contribution is 6.32. The van der Waals surface area contributed by atoms with E-state index in [9.17, 15) is 4.79 Å². The number of methoxy groups -OCH3 is 1. The zero-order valence-electron chi connectivity index (χ0n) is 9.00. The first-order valence-electron chi connectivity index (χ1n) is 4.91. The number of ether oxygens (including phenoxy) is 1. The van der Waals surface area contributed by atoms with Gasteiger partial charge in [-0.25, -0.2) is 0 Å². The van der Waals surface area contributed by atoms with Crippen LogP contribution in [0.3, 0.4) is 0 Å². The van der Waals surface area contributed by atoms with Crippen LogP contribution in [0, 0.1) is 0 Å². The van der Waals surface area contributed by atoms with Crippen LogP contribution in [0.25, 0.3) is 0 Å². The van der Waals surface area contributed by atoms with E-state index in [1.165, 1.54) is 7.11 Å². The Bertz CT molecular complexity index is 368. The van der Waals surface area contributed by atoms with Crippen molar-refractivity contribution >= 4 is 17.5 Å². The summed E-state index contributed by atoms with van der Waals surface area (Å²) in [5, 5.41) is 11.7. The standard InChI is InChI=1S/C11H14ClNO3/c1-16-10-7-8(3-4-9(10)12)11(15)13-5-2-6-14/h3-4,7,14H,2,5-6H2,1H3,(H,13,15). The first kappa shape index (κ1) is 12.8. The van der Waals surface area contributed by atoms with Crippen LogP contribution in [-0.4, -0.2) is 31.3 Å². The SMILES string of the molecule is COc1cc(C(=O)NCCCO)ccc1Cl. The summed E-state index contributed by atoms with van der Waals surface area (Å²) in [7, 11) is 1.49. The minimum absolute atomic E-state index is 0.0597. The molecule has 88 valence electrons. The maximum absolute atomic E-state index is 11.6. The normalized spacial score (nSPS) is 9.94. The van der Waals surface area contributed by atoms with Crippen molar-refractivity contribution in [3.63, 3.8) is 0 Å². The Kier molecular flexibility index (Phi) is 5.08. The molecular weight excluding hydrogens is 230 g/mol. The van der Waals surface area contributed by atoms with Crippen LogP contribution in [0.1, 0.15) is 16.8 Å². The van der Waals surface area contributed by atoms with Crippen molar-refractivity contribution < 1.29 is 14.6 Å². The topological polar surface area (TPSA) is 58.6 Å². The van der Waals surface area contributed by atoms with E-state index in [0.717, 1.165) is 0 Å². The lowest BCUT2D eigenvalue weighted by molar-refractivity contribution is 0.0951. The number of halogens is 1. The van der Waals surface area contributed by atoms with E-state index in [2.05, 4.69) is 5.32 Å². The van der Waals surface area contributed by atoms with E-state index in [4.69, 9.17) is 21.4 Å². The predicted molar refractivity (Wildman–Crippen MR) is 62.0 cm³/mol. The maximum atomic E-state index is 11.6. The van der Waals surface area contributed by atoms with Crippen LogP contribution >= 0.6 is 11.6 Å². The Morgan fingerprint density at radius 1 is 1.56 bits per heavy atom. The van der Waals surface area contributed by atoms with Crippen LogP contribution < -0.4 is 10.1 Å². The van der Waals surface area contributed by atoms with Crippen LogP contribution in [0.15, 0.2) is 18.2 Å². The monoisotopic (exact) mass is 243 g/mol. The molecule has 0 aliphatic heterocycles. The van der Waals surface area contributed by atoms with Gasteiger partial charge in [-0.3, -0.25) is 4.79 Å². The summed E-state index contributed by atoms with van der Waals surface area (Å²) in [6.45, 7) is 0.504. The molecule has 0 atom stereocenters. The Morgan fingerprint density at radius 2 is 2.31 bits per heavy atom. The number of aliphatic hydroxyl groups is 1. The number of benzene rings is 1. The van der Waals surface area contributed by atoms with E-state index in [-0.39, 0.29) is 12.5 Å². The predicted octanol–water partition coefficient (Wildman–Crippen LogP) is 1.46. The lowest BCUT2D eigenvalue weighted by atomic mass is 10.2. The molecule has 0 heterocycles. The van der Waals surface area contributed by atoms with Gasteiger partial charge < -0.3 is 15.2 Å². The molecule has 5 heteroatoms. The molecule has 4 nitrogen and oxygen atoms in total. The van der Waals surface area contributed by atoms with E-state index < -0.39 is 0 Å². The minimum atomic E-state index is -0.205. The fraction of sp³-hybridized carbons (Fsp3) is 0.364. The molecule has 0 aromatic heterocycles. The molecule has 2 N–H and O–H groups in total. The van der Waals surface area contributed by atoms with E-state index in [1.807, 2.05) is 0 Å². The van der Waals surface area contributed by atoms with Crippen LogP contribution in [0.5, 0.6) is 5.75 Å². The number of hydrogen-bond donors (Lipinski definition) is 2. The fourth-order valence-electron chi connectivity index (χ4n) is 1.18. The molecule has 0 bridgehead atoms. The molecule has 1 rings (SSSR count). The Morgan fingerprint density at radius 3 is 2.94 bits per heavy atom. The highest BCUT2D eigenvalue weighted by Crippen LogP contribution is 2.24. The van der Waals surface area contributed by atoms with Gasteiger partial charge in [0.1, 0.15) is 5.75 Å². The number of carbonyl (C=O) groups is 1. The number of carbonyl (C=O) groups excluding carboxylic acids is 1. The van der Waals surface area contributed by atoms with E-state index in [0.29, 0.717) is 29.3 Å². The molecular formula is C11H14ClNO3. The van der Waals surface area contributed by atoms with Crippen molar-refractivity contribution in [1.29, 1.82) is 0 Å². The third-order valence-electron chi connectivity index (χ3n) is 2.03. The smallest absolute Gasteiger partial charge is 0.251 e. The number of amides is 1. The highest BCUT2D eigenvalue weighted by atomic mass is 35.5. The number of rotatable bonds is 5. The van der Waals surface area contributed by atoms with Crippen molar-refractivity contribution in [2.24, 2.45) is 0 Å². The van der Waals surface area contributed by atoms with Gasteiger partial charge >= 0.3 is 0 Å². The largest absolute Gasteiger partial charge is 0.495 e. The maximum Gasteiger partial charge on any atom is 0.251 e. The summed E-state index contributed by atoms with van der Waals surface area (Å²) < 4.78 is 5.01. The van der Waals surface area contributed by atoms with Crippen LogP contribution in [0.4, 0.5) is 0 Å². The third kappa shape index (κ3) is 3.40. The van der Waals surface area contributed by atoms with Gasteiger partial charge in [-0.2, -0.15) is 0 Å². The molecule has 0 fully saturated rings. The average molecular weight is 244 g/mol. The van der Waals surface area contributed by atoms with Gasteiger partial charge in [0.05, 0.1) is 12.1 Å². The molecule has 0 saturated carbocycles. The van der Waals surface area contributed by atoms with Crippen molar-refractivity contribution in [1.82, 2.24) is 5.32 Å². The molecule has 0 saturated heterocycles. The Balaban J connectivity index is 2.68. The first-order valence-corrected chi connectivity index (χ1v) is 5.29. The van der Waals surface area contributed by atoms with Gasteiger partial charge in [-0.1, -0.05) is 11.6 Å². The molecule has 1 aromatic rings. The van der Waals surface area contributed by atoms with Gasteiger partial charge in [0, 0.05) is 18.7 Å². The fourth-order valence-corrected chi connectivity index (χ4v) is 1.38. The number of hydrogen-bond acceptors (Lipinski definition) is 3.